The van der Waals surface area contributed by atoms with Gasteiger partial charge in [0.05, 0.1) is 12.2 Å². The Balaban J connectivity index is 2.17. The lowest BCUT2D eigenvalue weighted by molar-refractivity contribution is 0.0572. The lowest BCUT2D eigenvalue weighted by atomic mass is 10.2. The first-order valence-electron chi connectivity index (χ1n) is 5.19. The number of hydrogen-bond donors (Lipinski definition) is 3. The van der Waals surface area contributed by atoms with E-state index in [1.165, 1.54) is 4.90 Å². The van der Waals surface area contributed by atoms with Crippen molar-refractivity contribution in [3.8, 4) is 0 Å². The average molecular weight is 301 g/mol. The van der Waals surface area contributed by atoms with E-state index in [9.17, 15) is 15.0 Å². The molecule has 0 spiro atoms. The Labute approximate surface area is 107 Å². The summed E-state index contributed by atoms with van der Waals surface area (Å²) < 4.78 is 0.732. The van der Waals surface area contributed by atoms with Crippen molar-refractivity contribution in [2.24, 2.45) is 0 Å². The molecule has 1 heterocycles. The van der Waals surface area contributed by atoms with Gasteiger partial charge in [0, 0.05) is 28.8 Å². The Morgan fingerprint density at radius 1 is 1.35 bits per heavy atom. The molecule has 6 heteroatoms. The van der Waals surface area contributed by atoms with Crippen LogP contribution in [0.3, 0.4) is 0 Å². The van der Waals surface area contributed by atoms with E-state index in [0.717, 1.165) is 4.47 Å². The van der Waals surface area contributed by atoms with Gasteiger partial charge in [-0.15, -0.1) is 0 Å². The fraction of sp³-hybridized carbons (Fsp3) is 0.364. The Hall–Kier alpha value is -1.11. The van der Waals surface area contributed by atoms with Crippen molar-refractivity contribution >= 4 is 27.5 Å². The van der Waals surface area contributed by atoms with Gasteiger partial charge in [-0.05, 0) is 34.1 Å². The number of anilines is 1. The number of halogens is 1. The fourth-order valence-corrected chi connectivity index (χ4v) is 2.04. The minimum atomic E-state index is -0.869. The van der Waals surface area contributed by atoms with Crippen molar-refractivity contribution < 1.29 is 15.0 Å². The van der Waals surface area contributed by atoms with Crippen LogP contribution in [0.5, 0.6) is 0 Å². The highest BCUT2D eigenvalue weighted by Crippen LogP contribution is 2.22. The van der Waals surface area contributed by atoms with Crippen molar-refractivity contribution in [2.75, 3.05) is 18.8 Å². The van der Waals surface area contributed by atoms with Gasteiger partial charge in [0.1, 0.15) is 0 Å². The normalized spacial score (nSPS) is 24.1. The Morgan fingerprint density at radius 3 is 2.47 bits per heavy atom. The van der Waals surface area contributed by atoms with Crippen molar-refractivity contribution in [3.05, 3.63) is 28.2 Å². The number of β-amino-alcohol motifs (C(OH)–C–C–N with tert-alkyl or cyclic N) is 2. The number of carbonyl (C=O) groups is 1. The summed E-state index contributed by atoms with van der Waals surface area (Å²) in [6.07, 6.45) is -1.74. The first-order chi connectivity index (χ1) is 7.99. The summed E-state index contributed by atoms with van der Waals surface area (Å²) in [6, 6.07) is 4.93. The third-order valence-corrected chi connectivity index (χ3v) is 3.51. The zero-order valence-electron chi connectivity index (χ0n) is 9.01. The number of rotatable bonds is 1. The molecule has 2 atom stereocenters. The number of likely N-dealkylation sites (tertiary alicyclic amines) is 1. The summed E-state index contributed by atoms with van der Waals surface area (Å²) in [5.41, 5.74) is 6.63. The highest BCUT2D eigenvalue weighted by atomic mass is 79.9. The molecule has 1 aromatic rings. The number of aliphatic hydroxyl groups is 2. The van der Waals surface area contributed by atoms with Crippen LogP contribution in [0.25, 0.3) is 0 Å². The summed E-state index contributed by atoms with van der Waals surface area (Å²) in [5.74, 6) is -0.236. The highest BCUT2D eigenvalue weighted by molar-refractivity contribution is 9.10. The Bertz CT molecular complexity index is 442. The van der Waals surface area contributed by atoms with Crippen LogP contribution in [0, 0.1) is 0 Å². The monoisotopic (exact) mass is 300 g/mol. The molecule has 1 saturated heterocycles. The van der Waals surface area contributed by atoms with Gasteiger partial charge in [-0.25, -0.2) is 0 Å². The zero-order chi connectivity index (χ0) is 12.6. The van der Waals surface area contributed by atoms with Crippen LogP contribution in [-0.4, -0.2) is 46.3 Å². The predicted octanol–water partition coefficient (Wildman–Crippen LogP) is 0.209. The number of amides is 1. The first kappa shape index (κ1) is 12.3. The maximum atomic E-state index is 12.0. The van der Waals surface area contributed by atoms with Gasteiger partial charge in [-0.3, -0.25) is 4.79 Å². The predicted molar refractivity (Wildman–Crippen MR) is 66.5 cm³/mol. The molecule has 17 heavy (non-hydrogen) atoms. The maximum Gasteiger partial charge on any atom is 0.254 e. The molecule has 0 aromatic heterocycles. The van der Waals surface area contributed by atoms with Crippen LogP contribution in [0.4, 0.5) is 5.69 Å². The molecule has 1 aliphatic heterocycles. The number of carbonyl (C=O) groups excluding carboxylic acids is 1. The third kappa shape index (κ3) is 2.43. The molecule has 0 bridgehead atoms. The van der Waals surface area contributed by atoms with Crippen molar-refractivity contribution in [1.29, 1.82) is 0 Å². The van der Waals surface area contributed by atoms with E-state index in [4.69, 9.17) is 5.73 Å². The molecule has 92 valence electrons. The fourth-order valence-electron chi connectivity index (χ4n) is 1.79. The van der Waals surface area contributed by atoms with Gasteiger partial charge in [0.25, 0.3) is 5.91 Å². The van der Waals surface area contributed by atoms with E-state index in [-0.39, 0.29) is 19.0 Å². The largest absolute Gasteiger partial charge is 0.398 e. The Kier molecular flexibility index (Phi) is 3.37. The maximum absolute atomic E-state index is 12.0. The van der Waals surface area contributed by atoms with Crippen LogP contribution < -0.4 is 5.73 Å². The van der Waals surface area contributed by atoms with Gasteiger partial charge in [-0.2, -0.15) is 0 Å². The number of hydrogen-bond acceptors (Lipinski definition) is 4. The van der Waals surface area contributed by atoms with Crippen LogP contribution in [0.15, 0.2) is 22.7 Å². The van der Waals surface area contributed by atoms with E-state index < -0.39 is 12.2 Å². The summed E-state index contributed by atoms with van der Waals surface area (Å²) in [4.78, 5) is 13.4. The summed E-state index contributed by atoms with van der Waals surface area (Å²) in [5, 5.41) is 18.8. The Morgan fingerprint density at radius 2 is 1.94 bits per heavy atom. The van der Waals surface area contributed by atoms with E-state index in [0.29, 0.717) is 11.3 Å². The smallest absolute Gasteiger partial charge is 0.254 e. The average Bonchev–Trinajstić information content (AvgIpc) is 2.62. The van der Waals surface area contributed by atoms with Crippen LogP contribution in [0.1, 0.15) is 10.4 Å². The molecule has 1 aliphatic rings. The second-order valence-corrected chi connectivity index (χ2v) is 4.94. The lowest BCUT2D eigenvalue weighted by Gasteiger charge is -2.15. The molecule has 5 nitrogen and oxygen atoms in total. The van der Waals surface area contributed by atoms with E-state index in [1.807, 2.05) is 0 Å². The second-order valence-electron chi connectivity index (χ2n) is 4.08. The second kappa shape index (κ2) is 4.64. The third-order valence-electron chi connectivity index (χ3n) is 2.79. The van der Waals surface area contributed by atoms with Crippen molar-refractivity contribution in [2.45, 2.75) is 12.2 Å². The summed E-state index contributed by atoms with van der Waals surface area (Å²) in [7, 11) is 0. The standard InChI is InChI=1S/C11H13BrN2O3/c12-7-2-1-6(3-8(7)13)11(17)14-4-9(15)10(16)5-14/h1-3,9-10,15-16H,4-5,13H2/t9-,10+. The number of benzene rings is 1. The molecular formula is C11H13BrN2O3. The topological polar surface area (TPSA) is 86.8 Å². The van der Waals surface area contributed by atoms with Gasteiger partial charge in [0.2, 0.25) is 0 Å². The molecule has 4 N–H and O–H groups in total. The zero-order valence-corrected chi connectivity index (χ0v) is 10.6. The van der Waals surface area contributed by atoms with Crippen molar-refractivity contribution in [3.63, 3.8) is 0 Å². The lowest BCUT2D eigenvalue weighted by Crippen LogP contribution is -2.29. The number of aliphatic hydroxyl groups excluding tert-OH is 2. The molecule has 0 radical (unpaired) electrons. The quantitative estimate of drug-likeness (QED) is 0.647. The summed E-state index contributed by atoms with van der Waals surface area (Å²) in [6.45, 7) is 0.298. The first-order valence-corrected chi connectivity index (χ1v) is 5.99. The highest BCUT2D eigenvalue weighted by Gasteiger charge is 2.32. The molecule has 0 saturated carbocycles. The molecule has 1 fully saturated rings. The molecular weight excluding hydrogens is 288 g/mol. The molecule has 0 aliphatic carbocycles. The minimum absolute atomic E-state index is 0.149. The number of nitrogens with zero attached hydrogens (tertiary/aromatic N) is 1. The van der Waals surface area contributed by atoms with Crippen molar-refractivity contribution in [1.82, 2.24) is 4.90 Å². The van der Waals surface area contributed by atoms with Crippen LogP contribution in [0.2, 0.25) is 0 Å². The summed E-state index contributed by atoms with van der Waals surface area (Å²) >= 11 is 3.25. The van der Waals surface area contributed by atoms with Gasteiger partial charge >= 0.3 is 0 Å². The molecule has 2 rings (SSSR count). The van der Waals surface area contributed by atoms with E-state index in [2.05, 4.69) is 15.9 Å². The number of nitrogens with two attached hydrogens (primary N) is 1. The molecule has 1 amide bonds. The minimum Gasteiger partial charge on any atom is -0.398 e. The van der Waals surface area contributed by atoms with Crippen LogP contribution >= 0.6 is 15.9 Å². The van der Waals surface area contributed by atoms with E-state index in [1.54, 1.807) is 18.2 Å². The van der Waals surface area contributed by atoms with Gasteiger partial charge < -0.3 is 20.8 Å². The molecule has 1 aromatic carbocycles. The van der Waals surface area contributed by atoms with Gasteiger partial charge in [-0.1, -0.05) is 0 Å². The van der Waals surface area contributed by atoms with Gasteiger partial charge in [0.15, 0.2) is 0 Å². The SMILES string of the molecule is Nc1cc(C(=O)N2C[C@@H](O)[C@@H](O)C2)ccc1Br. The number of nitrogen functional groups attached to an aromatic ring is 1. The van der Waals surface area contributed by atoms with Crippen LogP contribution in [-0.2, 0) is 0 Å². The molecule has 0 unspecified atom stereocenters. The van der Waals surface area contributed by atoms with E-state index >= 15 is 0 Å².